The van der Waals surface area contributed by atoms with Crippen LogP contribution in [0.15, 0.2) is 24.7 Å². The van der Waals surface area contributed by atoms with Gasteiger partial charge in [-0.3, -0.25) is 0 Å². The van der Waals surface area contributed by atoms with Gasteiger partial charge in [0.05, 0.1) is 30.0 Å². The summed E-state index contributed by atoms with van der Waals surface area (Å²) >= 11 is 0. The molecule has 0 unspecified atom stereocenters. The number of pyridine rings is 1. The molecule has 1 aliphatic heterocycles. The number of aromatic nitrogens is 3. The molecule has 0 aromatic carbocycles. The highest BCUT2D eigenvalue weighted by Crippen LogP contribution is 2.25. The van der Waals surface area contributed by atoms with Crippen LogP contribution in [0.4, 0.5) is 23.0 Å². The maximum atomic E-state index is 6.05. The van der Waals surface area contributed by atoms with Crippen LogP contribution >= 0.6 is 0 Å². The van der Waals surface area contributed by atoms with E-state index in [0.29, 0.717) is 29.1 Å². The molecule has 1 saturated heterocycles. The molecule has 2 aromatic rings. The van der Waals surface area contributed by atoms with E-state index in [1.807, 2.05) is 6.07 Å². The molecule has 0 spiro atoms. The molecule has 3 heterocycles. The zero-order valence-corrected chi connectivity index (χ0v) is 13.7. The van der Waals surface area contributed by atoms with Gasteiger partial charge < -0.3 is 21.3 Å². The number of nitrogens with two attached hydrogens (primary N) is 1. The molecule has 0 aliphatic carbocycles. The number of piperidine rings is 1. The van der Waals surface area contributed by atoms with Gasteiger partial charge in [-0.1, -0.05) is 0 Å². The van der Waals surface area contributed by atoms with Crippen LogP contribution in [0.1, 0.15) is 18.5 Å². The smallest absolute Gasteiger partial charge is 0.150 e. The minimum Gasteiger partial charge on any atom is -0.396 e. The quantitative estimate of drug-likeness (QED) is 0.737. The van der Waals surface area contributed by atoms with E-state index in [1.165, 1.54) is 6.20 Å². The Hall–Kier alpha value is -2.85. The van der Waals surface area contributed by atoms with Gasteiger partial charge in [-0.2, -0.15) is 0 Å². The third-order valence-corrected chi connectivity index (χ3v) is 4.07. The molecule has 7 heteroatoms. The number of nitrogens with zero attached hydrogens (tertiary/aromatic N) is 4. The maximum Gasteiger partial charge on any atom is 0.150 e. The van der Waals surface area contributed by atoms with Crippen LogP contribution < -0.4 is 16.4 Å². The van der Waals surface area contributed by atoms with Crippen LogP contribution in [-0.4, -0.2) is 46.0 Å². The molecule has 1 fully saturated rings. The lowest BCUT2D eigenvalue weighted by atomic mass is 10.1. The zero-order valence-electron chi connectivity index (χ0n) is 13.7. The lowest BCUT2D eigenvalue weighted by Gasteiger charge is -2.30. The highest BCUT2D eigenvalue weighted by atomic mass is 15.1. The monoisotopic (exact) mass is 323 g/mol. The SMILES string of the molecule is C#Cc1cnc(Nc2cc(NC3CCN(C)CC3)c(N)cn2)cn1. The van der Waals surface area contributed by atoms with E-state index in [-0.39, 0.29) is 0 Å². The highest BCUT2D eigenvalue weighted by Gasteiger charge is 2.17. The van der Waals surface area contributed by atoms with Crippen molar-refractivity contribution < 1.29 is 0 Å². The number of nitrogens with one attached hydrogen (secondary N) is 2. The number of likely N-dealkylation sites (tertiary alicyclic amines) is 1. The summed E-state index contributed by atoms with van der Waals surface area (Å²) in [6, 6.07) is 2.32. The molecule has 7 nitrogen and oxygen atoms in total. The number of hydrogen-bond donors (Lipinski definition) is 3. The summed E-state index contributed by atoms with van der Waals surface area (Å²) in [4.78, 5) is 14.9. The third kappa shape index (κ3) is 3.91. The van der Waals surface area contributed by atoms with Gasteiger partial charge in [0.2, 0.25) is 0 Å². The van der Waals surface area contributed by atoms with Gasteiger partial charge >= 0.3 is 0 Å². The average Bonchev–Trinajstić information content (AvgIpc) is 2.60. The maximum absolute atomic E-state index is 6.05. The Kier molecular flexibility index (Phi) is 4.77. The standard InChI is InChI=1S/C17H21N7/c1-3-12-9-20-17(11-19-12)23-16-8-15(14(18)10-21-16)22-13-4-6-24(2)7-5-13/h1,8-11,13H,4-7,18H2,2H3,(H2,20,21,22,23). The second-order valence-electron chi connectivity index (χ2n) is 5.93. The van der Waals surface area contributed by atoms with E-state index in [9.17, 15) is 0 Å². The van der Waals surface area contributed by atoms with E-state index < -0.39 is 0 Å². The fourth-order valence-corrected chi connectivity index (χ4v) is 2.63. The molecule has 3 rings (SSSR count). The van der Waals surface area contributed by atoms with Crippen molar-refractivity contribution in [2.75, 3.05) is 36.5 Å². The van der Waals surface area contributed by atoms with Crippen molar-refractivity contribution in [2.24, 2.45) is 0 Å². The van der Waals surface area contributed by atoms with Crippen LogP contribution in [-0.2, 0) is 0 Å². The second-order valence-corrected chi connectivity index (χ2v) is 5.93. The molecular formula is C17H21N7. The number of anilines is 4. The third-order valence-electron chi connectivity index (χ3n) is 4.07. The molecule has 4 N–H and O–H groups in total. The van der Waals surface area contributed by atoms with Crippen molar-refractivity contribution >= 4 is 23.0 Å². The number of hydrogen-bond acceptors (Lipinski definition) is 7. The van der Waals surface area contributed by atoms with Gasteiger partial charge in [0.15, 0.2) is 0 Å². The average molecular weight is 323 g/mol. The first-order valence-corrected chi connectivity index (χ1v) is 7.90. The van der Waals surface area contributed by atoms with Crippen LogP contribution in [0.5, 0.6) is 0 Å². The Bertz CT molecular complexity index is 728. The second kappa shape index (κ2) is 7.15. The Morgan fingerprint density at radius 1 is 1.17 bits per heavy atom. The minimum absolute atomic E-state index is 0.424. The van der Waals surface area contributed by atoms with Crippen molar-refractivity contribution in [3.63, 3.8) is 0 Å². The van der Waals surface area contributed by atoms with Crippen molar-refractivity contribution in [1.82, 2.24) is 19.9 Å². The molecule has 0 bridgehead atoms. The van der Waals surface area contributed by atoms with Crippen molar-refractivity contribution in [3.05, 3.63) is 30.4 Å². The molecule has 24 heavy (non-hydrogen) atoms. The Morgan fingerprint density at radius 2 is 1.92 bits per heavy atom. The predicted molar refractivity (Wildman–Crippen MR) is 96.0 cm³/mol. The fraction of sp³-hybridized carbons (Fsp3) is 0.353. The molecular weight excluding hydrogens is 302 g/mol. The van der Waals surface area contributed by atoms with Gasteiger partial charge in [0.25, 0.3) is 0 Å². The summed E-state index contributed by atoms with van der Waals surface area (Å²) in [6.07, 6.45) is 12.2. The first-order valence-electron chi connectivity index (χ1n) is 7.90. The van der Waals surface area contributed by atoms with Gasteiger partial charge in [-0.05, 0) is 38.9 Å². The largest absolute Gasteiger partial charge is 0.396 e. The first kappa shape index (κ1) is 16.0. The Morgan fingerprint density at radius 3 is 2.58 bits per heavy atom. The minimum atomic E-state index is 0.424. The molecule has 0 atom stereocenters. The van der Waals surface area contributed by atoms with Crippen LogP contribution in [0.25, 0.3) is 0 Å². The molecule has 0 amide bonds. The predicted octanol–water partition coefficient (Wildman–Crippen LogP) is 1.68. The summed E-state index contributed by atoms with van der Waals surface area (Å²) in [7, 11) is 2.14. The normalized spacial score (nSPS) is 15.7. The lowest BCUT2D eigenvalue weighted by molar-refractivity contribution is 0.264. The lowest BCUT2D eigenvalue weighted by Crippen LogP contribution is -2.36. The van der Waals surface area contributed by atoms with E-state index in [2.05, 4.69) is 43.5 Å². The van der Waals surface area contributed by atoms with E-state index >= 15 is 0 Å². The van der Waals surface area contributed by atoms with E-state index in [1.54, 1.807) is 12.4 Å². The Labute approximate surface area is 141 Å². The van der Waals surface area contributed by atoms with Gasteiger partial charge in [0, 0.05) is 12.1 Å². The number of terminal acetylenes is 1. The van der Waals surface area contributed by atoms with Gasteiger partial charge in [-0.15, -0.1) is 6.42 Å². The highest BCUT2D eigenvalue weighted by molar-refractivity contribution is 5.70. The summed E-state index contributed by atoms with van der Waals surface area (Å²) in [6.45, 7) is 2.18. The summed E-state index contributed by atoms with van der Waals surface area (Å²) in [5.41, 5.74) is 8.06. The number of rotatable bonds is 4. The van der Waals surface area contributed by atoms with Gasteiger partial charge in [-0.25, -0.2) is 15.0 Å². The summed E-state index contributed by atoms with van der Waals surface area (Å²) < 4.78 is 0. The molecule has 0 radical (unpaired) electrons. The first-order chi connectivity index (χ1) is 11.6. The van der Waals surface area contributed by atoms with Crippen LogP contribution in [0, 0.1) is 12.3 Å². The molecule has 0 saturated carbocycles. The fourth-order valence-electron chi connectivity index (χ4n) is 2.63. The summed E-state index contributed by atoms with van der Waals surface area (Å²) in [5, 5.41) is 6.63. The molecule has 2 aromatic heterocycles. The van der Waals surface area contributed by atoms with Gasteiger partial charge in [0.1, 0.15) is 17.3 Å². The van der Waals surface area contributed by atoms with E-state index in [4.69, 9.17) is 12.2 Å². The molecule has 1 aliphatic rings. The zero-order chi connectivity index (χ0) is 16.9. The molecule has 124 valence electrons. The Balaban J connectivity index is 1.70. The topological polar surface area (TPSA) is 92.0 Å². The van der Waals surface area contributed by atoms with E-state index in [0.717, 1.165) is 31.6 Å². The van der Waals surface area contributed by atoms with Crippen molar-refractivity contribution in [1.29, 1.82) is 0 Å². The number of nitrogen functional groups attached to an aromatic ring is 1. The van der Waals surface area contributed by atoms with Crippen LogP contribution in [0.2, 0.25) is 0 Å². The summed E-state index contributed by atoms with van der Waals surface area (Å²) in [5.74, 6) is 3.67. The van der Waals surface area contributed by atoms with Crippen LogP contribution in [0.3, 0.4) is 0 Å². The van der Waals surface area contributed by atoms with Crippen molar-refractivity contribution in [3.8, 4) is 12.3 Å². The van der Waals surface area contributed by atoms with Crippen molar-refractivity contribution in [2.45, 2.75) is 18.9 Å².